The number of halogens is 4. The molecule has 2 rings (SSSR count). The van der Waals surface area contributed by atoms with Crippen molar-refractivity contribution in [2.45, 2.75) is 39.0 Å². The van der Waals surface area contributed by atoms with E-state index in [4.69, 9.17) is 4.99 Å². The van der Waals surface area contributed by atoms with Crippen molar-refractivity contribution in [2.24, 2.45) is 4.99 Å². The number of guanidine groups is 1. The Hall–Kier alpha value is -0.330. The van der Waals surface area contributed by atoms with Crippen LogP contribution in [0.3, 0.4) is 0 Å². The summed E-state index contributed by atoms with van der Waals surface area (Å²) in [5.74, 6) is 0.817. The average Bonchev–Trinajstić information content (AvgIpc) is 2.64. The lowest BCUT2D eigenvalue weighted by molar-refractivity contribution is -0.181. The maximum absolute atomic E-state index is 12.9. The molecule has 6 nitrogen and oxygen atoms in total. The monoisotopic (exact) mass is 520 g/mol. The van der Waals surface area contributed by atoms with Gasteiger partial charge in [-0.3, -0.25) is 14.8 Å². The quantitative estimate of drug-likeness (QED) is 0.340. The molecule has 0 aromatic heterocycles. The molecule has 0 aromatic carbocycles. The van der Waals surface area contributed by atoms with Gasteiger partial charge in [0.15, 0.2) is 5.96 Å². The van der Waals surface area contributed by atoms with Gasteiger partial charge in [0.2, 0.25) is 0 Å². The SMILES string of the molecule is CCNC(=NCC(C)N1CCN(C)CC1)N1CCN(C(C)C(F)(F)F)CC1.I. The van der Waals surface area contributed by atoms with E-state index in [1.54, 1.807) is 0 Å². The normalized spacial score (nSPS) is 23.2. The summed E-state index contributed by atoms with van der Waals surface area (Å²) in [4.78, 5) is 13.2. The van der Waals surface area contributed by atoms with Crippen molar-refractivity contribution in [3.05, 3.63) is 0 Å². The standard InChI is InChI=1S/C18H35F3N6.HI/c1-5-22-17(23-14-15(2)25-8-6-24(4)7-9-25)27-12-10-26(11-13-27)16(3)18(19,20)21;/h15-16H,5-14H2,1-4H3,(H,22,23);1H. The molecule has 0 aromatic rings. The van der Waals surface area contributed by atoms with Crippen molar-refractivity contribution >= 4 is 29.9 Å². The lowest BCUT2D eigenvalue weighted by Gasteiger charge is -2.40. The minimum atomic E-state index is -4.17. The van der Waals surface area contributed by atoms with Crippen LogP contribution < -0.4 is 5.32 Å². The van der Waals surface area contributed by atoms with E-state index in [-0.39, 0.29) is 24.0 Å². The summed E-state index contributed by atoms with van der Waals surface area (Å²) in [6.07, 6.45) is -4.17. The number of hydrogen-bond donors (Lipinski definition) is 1. The van der Waals surface area contributed by atoms with Gasteiger partial charge in [0.25, 0.3) is 0 Å². The number of nitrogens with one attached hydrogen (secondary N) is 1. The summed E-state index contributed by atoms with van der Waals surface area (Å²) in [7, 11) is 2.14. The molecule has 28 heavy (non-hydrogen) atoms. The van der Waals surface area contributed by atoms with E-state index in [0.717, 1.165) is 38.7 Å². The zero-order valence-corrected chi connectivity index (χ0v) is 19.8. The molecule has 2 aliphatic rings. The molecule has 0 radical (unpaired) electrons. The number of hydrogen-bond acceptors (Lipinski definition) is 4. The molecule has 2 unspecified atom stereocenters. The molecule has 0 spiro atoms. The van der Waals surface area contributed by atoms with E-state index in [9.17, 15) is 13.2 Å². The Kier molecular flexibility index (Phi) is 10.8. The van der Waals surface area contributed by atoms with Crippen molar-refractivity contribution in [3.63, 3.8) is 0 Å². The number of alkyl halides is 3. The highest BCUT2D eigenvalue weighted by Crippen LogP contribution is 2.25. The molecule has 2 fully saturated rings. The van der Waals surface area contributed by atoms with E-state index in [0.29, 0.717) is 38.8 Å². The third kappa shape index (κ3) is 7.49. The molecule has 0 saturated carbocycles. The van der Waals surface area contributed by atoms with Crippen LogP contribution in [-0.4, -0.2) is 116 Å². The number of nitrogens with zero attached hydrogens (tertiary/aromatic N) is 5. The van der Waals surface area contributed by atoms with Gasteiger partial charge in [0, 0.05) is 64.9 Å². The van der Waals surface area contributed by atoms with Gasteiger partial charge in [0.05, 0.1) is 6.54 Å². The second-order valence-electron chi connectivity index (χ2n) is 7.62. The molecule has 2 aliphatic heterocycles. The van der Waals surface area contributed by atoms with Crippen LogP contribution in [-0.2, 0) is 0 Å². The Bertz CT molecular complexity index is 474. The van der Waals surface area contributed by atoms with Gasteiger partial charge in [-0.05, 0) is 27.8 Å². The van der Waals surface area contributed by atoms with Crippen LogP contribution in [0.15, 0.2) is 4.99 Å². The summed E-state index contributed by atoms with van der Waals surface area (Å²) < 4.78 is 38.8. The summed E-state index contributed by atoms with van der Waals surface area (Å²) in [5.41, 5.74) is 0. The summed E-state index contributed by atoms with van der Waals surface area (Å²) in [6, 6.07) is -1.03. The van der Waals surface area contributed by atoms with Crippen LogP contribution in [0.1, 0.15) is 20.8 Å². The first kappa shape index (κ1) is 25.7. The molecule has 166 valence electrons. The molecule has 2 saturated heterocycles. The Morgan fingerprint density at radius 2 is 1.50 bits per heavy atom. The predicted octanol–water partition coefficient (Wildman–Crippen LogP) is 1.77. The highest BCUT2D eigenvalue weighted by Gasteiger charge is 2.41. The first-order valence-corrected chi connectivity index (χ1v) is 9.99. The molecular formula is C18H36F3IN6. The number of rotatable bonds is 5. The minimum absolute atomic E-state index is 0. The van der Waals surface area contributed by atoms with Gasteiger partial charge < -0.3 is 15.1 Å². The fraction of sp³-hybridized carbons (Fsp3) is 0.944. The zero-order chi connectivity index (χ0) is 20.0. The van der Waals surface area contributed by atoms with Crippen molar-refractivity contribution < 1.29 is 13.2 Å². The third-order valence-corrected chi connectivity index (χ3v) is 5.64. The van der Waals surface area contributed by atoms with Gasteiger partial charge in [-0.2, -0.15) is 13.2 Å². The Labute approximate surface area is 184 Å². The highest BCUT2D eigenvalue weighted by molar-refractivity contribution is 14.0. The van der Waals surface area contributed by atoms with E-state index in [1.165, 1.54) is 11.8 Å². The van der Waals surface area contributed by atoms with Gasteiger partial charge >= 0.3 is 6.18 Å². The molecule has 2 heterocycles. The topological polar surface area (TPSA) is 37.4 Å². The fourth-order valence-corrected chi connectivity index (χ4v) is 3.55. The van der Waals surface area contributed by atoms with Crippen LogP contribution >= 0.6 is 24.0 Å². The largest absolute Gasteiger partial charge is 0.403 e. The highest BCUT2D eigenvalue weighted by atomic mass is 127. The summed E-state index contributed by atoms with van der Waals surface area (Å²) in [6.45, 7) is 13.1. The zero-order valence-electron chi connectivity index (χ0n) is 17.5. The van der Waals surface area contributed by atoms with Crippen molar-refractivity contribution in [1.29, 1.82) is 0 Å². The smallest absolute Gasteiger partial charge is 0.357 e. The van der Waals surface area contributed by atoms with Gasteiger partial charge in [-0.1, -0.05) is 0 Å². The van der Waals surface area contributed by atoms with E-state index < -0.39 is 12.2 Å². The molecule has 0 aliphatic carbocycles. The van der Waals surface area contributed by atoms with E-state index in [1.807, 2.05) is 6.92 Å². The lowest BCUT2D eigenvalue weighted by Crippen LogP contribution is -2.57. The van der Waals surface area contributed by atoms with Crippen LogP contribution in [0.2, 0.25) is 0 Å². The lowest BCUT2D eigenvalue weighted by atomic mass is 10.2. The van der Waals surface area contributed by atoms with Gasteiger partial charge in [0.1, 0.15) is 6.04 Å². The van der Waals surface area contributed by atoms with Crippen molar-refractivity contribution in [2.75, 3.05) is 72.5 Å². The fourth-order valence-electron chi connectivity index (χ4n) is 3.55. The van der Waals surface area contributed by atoms with Crippen molar-refractivity contribution in [1.82, 2.24) is 24.9 Å². The number of likely N-dealkylation sites (N-methyl/N-ethyl adjacent to an activating group) is 1. The Balaban J connectivity index is 0.00000392. The van der Waals surface area contributed by atoms with Crippen LogP contribution in [0.4, 0.5) is 13.2 Å². The second kappa shape index (κ2) is 11.8. The Morgan fingerprint density at radius 1 is 0.964 bits per heavy atom. The summed E-state index contributed by atoms with van der Waals surface area (Å²) in [5, 5.41) is 3.30. The first-order chi connectivity index (χ1) is 12.7. The average molecular weight is 520 g/mol. The summed E-state index contributed by atoms with van der Waals surface area (Å²) >= 11 is 0. The van der Waals surface area contributed by atoms with Crippen LogP contribution in [0, 0.1) is 0 Å². The van der Waals surface area contributed by atoms with Crippen LogP contribution in [0.25, 0.3) is 0 Å². The Morgan fingerprint density at radius 3 is 2.00 bits per heavy atom. The van der Waals surface area contributed by atoms with Gasteiger partial charge in [-0.15, -0.1) is 24.0 Å². The maximum atomic E-state index is 12.9. The maximum Gasteiger partial charge on any atom is 0.403 e. The number of piperazine rings is 2. The van der Waals surface area contributed by atoms with E-state index in [2.05, 4.69) is 34.0 Å². The van der Waals surface area contributed by atoms with E-state index >= 15 is 0 Å². The second-order valence-corrected chi connectivity index (χ2v) is 7.62. The molecule has 1 N–H and O–H groups in total. The van der Waals surface area contributed by atoms with Gasteiger partial charge in [-0.25, -0.2) is 0 Å². The van der Waals surface area contributed by atoms with Crippen LogP contribution in [0.5, 0.6) is 0 Å². The molecule has 10 heteroatoms. The molecule has 2 atom stereocenters. The number of aliphatic imine (C=N–C) groups is 1. The predicted molar refractivity (Wildman–Crippen MR) is 119 cm³/mol. The van der Waals surface area contributed by atoms with Crippen molar-refractivity contribution in [3.8, 4) is 0 Å². The molecule has 0 bridgehead atoms. The minimum Gasteiger partial charge on any atom is -0.357 e. The molecular weight excluding hydrogens is 484 g/mol. The molecule has 0 amide bonds. The first-order valence-electron chi connectivity index (χ1n) is 9.99. The third-order valence-electron chi connectivity index (χ3n) is 5.64.